The first-order chi connectivity index (χ1) is 30.1. The minimum absolute atomic E-state index is 0.0857. The fraction of sp³-hybridized carbons (Fsp3) is 0.255. The lowest BCUT2D eigenvalue weighted by atomic mass is 9.98. The minimum atomic E-state index is -2.24. The van der Waals surface area contributed by atoms with Crippen LogP contribution in [0.3, 0.4) is 0 Å². The van der Waals surface area contributed by atoms with Crippen LogP contribution in [0.4, 0.5) is 4.79 Å². The van der Waals surface area contributed by atoms with E-state index in [2.05, 4.69) is 5.32 Å². The zero-order valence-electron chi connectivity index (χ0n) is 33.6. The molecule has 1 amide bonds. The highest BCUT2D eigenvalue weighted by molar-refractivity contribution is 5.91. The van der Waals surface area contributed by atoms with Gasteiger partial charge in [-0.3, -0.25) is 4.74 Å². The van der Waals surface area contributed by atoms with Gasteiger partial charge in [-0.25, -0.2) is 24.0 Å². The summed E-state index contributed by atoms with van der Waals surface area (Å²) in [6, 6.07) is 40.2. The van der Waals surface area contributed by atoms with Crippen LogP contribution < -0.4 is 5.32 Å². The van der Waals surface area contributed by atoms with Gasteiger partial charge >= 0.3 is 35.9 Å². The molecule has 1 N–H and O–H groups in total. The van der Waals surface area contributed by atoms with E-state index in [4.69, 9.17) is 42.6 Å². The lowest BCUT2D eigenvalue weighted by Crippen LogP contribution is -2.60. The molecular formula is C47H43NO14. The number of hydrogen-bond donors (Lipinski definition) is 1. The van der Waals surface area contributed by atoms with Gasteiger partial charge in [-0.15, -0.1) is 0 Å². The second kappa shape index (κ2) is 20.1. The smallest absolute Gasteiger partial charge is 0.408 e. The van der Waals surface area contributed by atoms with Crippen LogP contribution in [0.2, 0.25) is 0 Å². The van der Waals surface area contributed by atoms with Crippen LogP contribution in [0.5, 0.6) is 0 Å². The van der Waals surface area contributed by atoms with Crippen molar-refractivity contribution in [3.8, 4) is 0 Å². The number of rotatable bonds is 15. The Balaban J connectivity index is 1.23. The lowest BCUT2D eigenvalue weighted by molar-refractivity contribution is -0.380. The summed E-state index contributed by atoms with van der Waals surface area (Å²) in [5.41, 5.74) is 1.56. The summed E-state index contributed by atoms with van der Waals surface area (Å²) < 4.78 is 54.5. The Bertz CT molecular complexity index is 2280. The van der Waals surface area contributed by atoms with E-state index in [1.54, 1.807) is 133 Å². The van der Waals surface area contributed by atoms with Crippen LogP contribution in [-0.4, -0.2) is 86.5 Å². The molecule has 320 valence electrons. The molecule has 15 nitrogen and oxygen atoms in total. The molecule has 2 saturated heterocycles. The zero-order chi connectivity index (χ0) is 43.5. The number of hydrogen-bond acceptors (Lipinski definition) is 14. The highest BCUT2D eigenvalue weighted by Crippen LogP contribution is 2.46. The normalized spacial score (nSPS) is 22.5. The van der Waals surface area contributed by atoms with Gasteiger partial charge in [0.2, 0.25) is 0 Å². The van der Waals surface area contributed by atoms with Gasteiger partial charge in [-0.05, 0) is 48.9 Å². The summed E-state index contributed by atoms with van der Waals surface area (Å²) in [4.78, 5) is 67.2. The minimum Gasteiger partial charge on any atom is -0.467 e. The van der Waals surface area contributed by atoms with Gasteiger partial charge in [-0.1, -0.05) is 115 Å². The summed E-state index contributed by atoms with van der Waals surface area (Å²) in [5.74, 6) is -5.44. The van der Waals surface area contributed by atoms with Crippen LogP contribution in [0.15, 0.2) is 152 Å². The van der Waals surface area contributed by atoms with Crippen molar-refractivity contribution in [1.82, 2.24) is 5.32 Å². The predicted octanol–water partition coefficient (Wildman–Crippen LogP) is 6.12. The Morgan fingerprint density at radius 2 is 1.13 bits per heavy atom. The fourth-order valence-corrected chi connectivity index (χ4v) is 6.82. The molecule has 0 saturated carbocycles. The number of benzene rings is 5. The van der Waals surface area contributed by atoms with Crippen molar-refractivity contribution < 1.29 is 66.6 Å². The summed E-state index contributed by atoms with van der Waals surface area (Å²) in [6.07, 6.45) is -9.36. The predicted molar refractivity (Wildman–Crippen MR) is 217 cm³/mol. The first-order valence-electron chi connectivity index (χ1n) is 19.7. The molecule has 62 heavy (non-hydrogen) atoms. The van der Waals surface area contributed by atoms with Gasteiger partial charge in [0.05, 0.1) is 29.9 Å². The Hall–Kier alpha value is -6.91. The average molecular weight is 846 g/mol. The number of esters is 4. The third kappa shape index (κ3) is 10.3. The Labute approximate surface area is 356 Å². The van der Waals surface area contributed by atoms with E-state index >= 15 is 0 Å². The van der Waals surface area contributed by atoms with Gasteiger partial charge in [-0.2, -0.15) is 0 Å². The average Bonchev–Trinajstić information content (AvgIpc) is 3.70. The third-order valence-corrected chi connectivity index (χ3v) is 9.93. The molecule has 2 aliphatic rings. The Morgan fingerprint density at radius 1 is 0.629 bits per heavy atom. The number of carbonyl (C=O) groups excluding carboxylic acids is 5. The topological polar surface area (TPSA) is 180 Å². The standard InChI is InChI=1S/C47H43NO14/c1-30(37(44(52)54-2)48-46(53)56-28-31-18-8-3-9-19-31)60-47(35-26-16-7-17-27-35)61-40-39(59-43(51)34-24-14-6-15-25-34)38(58-42(50)33-22-12-5-13-23-33)36(57-45(40)62-47)29-55-41(49)32-20-10-4-11-21-32/h3-27,30,36-40,45H,28-29H2,1-2H3,(H,48,53)/t30-,36-,37+,38-,39+,40-,45-,47+/m1/s1. The maximum Gasteiger partial charge on any atom is 0.408 e. The molecule has 7 rings (SSSR count). The summed E-state index contributed by atoms with van der Waals surface area (Å²) in [6.45, 7) is 0.890. The molecule has 0 aromatic heterocycles. The van der Waals surface area contributed by atoms with Crippen LogP contribution in [0.1, 0.15) is 49.1 Å². The molecule has 0 spiro atoms. The van der Waals surface area contributed by atoms with E-state index in [-0.39, 0.29) is 28.9 Å². The SMILES string of the molecule is COC(=O)[C@@H](NC(=O)OCc1ccccc1)[C@@H](C)O[C@]1(c2ccccc2)O[C@H]2O[C@H](COC(=O)c3ccccc3)[C@@H](OC(=O)c3ccccc3)[C@H](OC(=O)c3ccccc3)[C@H]2O1. The van der Waals surface area contributed by atoms with E-state index in [0.29, 0.717) is 5.56 Å². The van der Waals surface area contributed by atoms with Crippen molar-refractivity contribution >= 4 is 30.0 Å². The van der Waals surface area contributed by atoms with Crippen molar-refractivity contribution in [2.24, 2.45) is 0 Å². The molecule has 0 radical (unpaired) electrons. The monoisotopic (exact) mass is 845 g/mol. The quantitative estimate of drug-likeness (QED) is 0.0941. The number of amides is 1. The molecule has 15 heteroatoms. The van der Waals surface area contributed by atoms with Gasteiger partial charge in [0.25, 0.3) is 0 Å². The number of fused-ring (bicyclic) bond motifs is 1. The first kappa shape index (κ1) is 43.2. The van der Waals surface area contributed by atoms with Crippen LogP contribution >= 0.6 is 0 Å². The molecule has 5 aromatic rings. The molecule has 0 bridgehead atoms. The molecular weight excluding hydrogens is 803 g/mol. The highest BCUT2D eigenvalue weighted by Gasteiger charge is 2.62. The maximum atomic E-state index is 13.9. The second-order valence-electron chi connectivity index (χ2n) is 14.1. The van der Waals surface area contributed by atoms with Gasteiger partial charge in [0, 0.05) is 5.56 Å². The van der Waals surface area contributed by atoms with Crippen molar-refractivity contribution in [1.29, 1.82) is 0 Å². The van der Waals surface area contributed by atoms with Gasteiger partial charge in [0.15, 0.2) is 30.6 Å². The van der Waals surface area contributed by atoms with Gasteiger partial charge < -0.3 is 43.2 Å². The lowest BCUT2D eigenvalue weighted by Gasteiger charge is -2.41. The molecule has 2 fully saturated rings. The van der Waals surface area contributed by atoms with E-state index in [1.807, 2.05) is 6.07 Å². The number of nitrogens with one attached hydrogen (secondary N) is 1. The largest absolute Gasteiger partial charge is 0.467 e. The van der Waals surface area contributed by atoms with Crippen molar-refractivity contribution in [3.63, 3.8) is 0 Å². The molecule has 0 unspecified atom stereocenters. The van der Waals surface area contributed by atoms with Gasteiger partial charge in [0.1, 0.15) is 19.3 Å². The molecule has 2 heterocycles. The maximum absolute atomic E-state index is 13.9. The van der Waals surface area contributed by atoms with Crippen LogP contribution in [0, 0.1) is 0 Å². The third-order valence-electron chi connectivity index (χ3n) is 9.93. The van der Waals surface area contributed by atoms with Crippen molar-refractivity contribution in [2.75, 3.05) is 13.7 Å². The molecule has 0 aliphatic carbocycles. The Kier molecular flexibility index (Phi) is 14.0. The van der Waals surface area contributed by atoms with E-state index < -0.39 is 85.4 Å². The Morgan fingerprint density at radius 3 is 1.68 bits per heavy atom. The highest BCUT2D eigenvalue weighted by atomic mass is 16.9. The summed E-state index contributed by atoms with van der Waals surface area (Å²) >= 11 is 0. The zero-order valence-corrected chi connectivity index (χ0v) is 33.6. The molecule has 5 aromatic carbocycles. The fourth-order valence-electron chi connectivity index (χ4n) is 6.82. The van der Waals surface area contributed by atoms with E-state index in [9.17, 15) is 24.0 Å². The summed E-state index contributed by atoms with van der Waals surface area (Å²) in [7, 11) is 1.14. The number of methoxy groups -OCH3 is 1. The van der Waals surface area contributed by atoms with Crippen molar-refractivity contribution in [2.45, 2.75) is 62.4 Å². The summed E-state index contributed by atoms with van der Waals surface area (Å²) in [5, 5.41) is 2.51. The second-order valence-corrected chi connectivity index (χ2v) is 14.1. The van der Waals surface area contributed by atoms with E-state index in [1.165, 1.54) is 19.1 Å². The number of alkyl carbamates (subject to hydrolysis) is 1. The number of carbonyl (C=O) groups is 5. The molecule has 8 atom stereocenters. The van der Waals surface area contributed by atoms with Crippen LogP contribution in [-0.2, 0) is 60.0 Å². The van der Waals surface area contributed by atoms with Crippen LogP contribution in [0.25, 0.3) is 0 Å². The first-order valence-corrected chi connectivity index (χ1v) is 19.7. The number of ether oxygens (including phenoxy) is 9. The van der Waals surface area contributed by atoms with E-state index in [0.717, 1.165) is 7.11 Å². The molecule has 2 aliphatic heterocycles. The van der Waals surface area contributed by atoms with Crippen molar-refractivity contribution in [3.05, 3.63) is 179 Å².